The van der Waals surface area contributed by atoms with Crippen LogP contribution in [-0.2, 0) is 6.54 Å². The van der Waals surface area contributed by atoms with Gasteiger partial charge in [0.2, 0.25) is 0 Å². The van der Waals surface area contributed by atoms with E-state index in [0.717, 1.165) is 37.5 Å². The van der Waals surface area contributed by atoms with Crippen molar-refractivity contribution in [2.45, 2.75) is 25.4 Å². The van der Waals surface area contributed by atoms with E-state index < -0.39 is 0 Å². The monoisotopic (exact) mass is 473 g/mol. The van der Waals surface area contributed by atoms with E-state index in [2.05, 4.69) is 65.2 Å². The van der Waals surface area contributed by atoms with E-state index in [4.69, 9.17) is 4.74 Å². The molecule has 21 heavy (non-hydrogen) atoms. The van der Waals surface area contributed by atoms with E-state index >= 15 is 0 Å². The summed E-state index contributed by atoms with van der Waals surface area (Å²) in [7, 11) is 0. The van der Waals surface area contributed by atoms with Crippen LogP contribution >= 0.6 is 47.8 Å². The van der Waals surface area contributed by atoms with Crippen molar-refractivity contribution >= 4 is 47.8 Å². The van der Waals surface area contributed by atoms with Crippen molar-refractivity contribution in [2.24, 2.45) is 0 Å². The summed E-state index contributed by atoms with van der Waals surface area (Å²) in [5.74, 6) is 1.61. The molecule has 2 nitrogen and oxygen atoms in total. The summed E-state index contributed by atoms with van der Waals surface area (Å²) in [6, 6.07) is 12.8. The van der Waals surface area contributed by atoms with Crippen molar-refractivity contribution in [3.8, 4) is 11.5 Å². The molecule has 0 atom stereocenters. The van der Waals surface area contributed by atoms with Crippen LogP contribution in [0.3, 0.4) is 0 Å². The van der Waals surface area contributed by atoms with Crippen LogP contribution in [-0.4, -0.2) is 6.04 Å². The first-order chi connectivity index (χ1) is 10.1. The minimum atomic E-state index is 0.721. The molecule has 0 bridgehead atoms. The summed E-state index contributed by atoms with van der Waals surface area (Å²) in [5.41, 5.74) is 1.26. The quantitative estimate of drug-likeness (QED) is 0.571. The minimum Gasteiger partial charge on any atom is -0.455 e. The second-order valence-electron chi connectivity index (χ2n) is 5.10. The molecule has 1 N–H and O–H groups in total. The number of ether oxygens (including phenoxy) is 1. The predicted molar refractivity (Wildman–Crippen MR) is 95.9 cm³/mol. The highest BCUT2D eigenvalue weighted by Gasteiger charge is 2.20. The van der Waals surface area contributed by atoms with Crippen LogP contribution in [0.25, 0.3) is 0 Å². The van der Waals surface area contributed by atoms with E-state index in [1.54, 1.807) is 0 Å². The SMILES string of the molecule is Brc1ccc(Oc2ccc(CNC3CC3)cc2Br)c(Br)c1. The molecule has 1 aliphatic carbocycles. The normalized spacial score (nSPS) is 14.2. The van der Waals surface area contributed by atoms with Crippen molar-refractivity contribution < 1.29 is 4.74 Å². The molecule has 0 radical (unpaired) electrons. The lowest BCUT2D eigenvalue weighted by Gasteiger charge is -2.11. The molecule has 0 aromatic heterocycles. The summed E-state index contributed by atoms with van der Waals surface area (Å²) in [4.78, 5) is 0. The highest BCUT2D eigenvalue weighted by atomic mass is 79.9. The summed E-state index contributed by atoms with van der Waals surface area (Å²) in [6.07, 6.45) is 2.61. The van der Waals surface area contributed by atoms with Crippen molar-refractivity contribution in [1.29, 1.82) is 0 Å². The molecule has 0 heterocycles. The molecule has 1 fully saturated rings. The fraction of sp³-hybridized carbons (Fsp3) is 0.250. The average Bonchev–Trinajstić information content (AvgIpc) is 3.26. The summed E-state index contributed by atoms with van der Waals surface area (Å²) < 4.78 is 8.85. The Hall–Kier alpha value is -0.360. The maximum Gasteiger partial charge on any atom is 0.141 e. The van der Waals surface area contributed by atoms with Gasteiger partial charge in [0.1, 0.15) is 11.5 Å². The Morgan fingerprint density at radius 3 is 2.24 bits per heavy atom. The fourth-order valence-electron chi connectivity index (χ4n) is 1.96. The molecule has 0 spiro atoms. The van der Waals surface area contributed by atoms with Crippen LogP contribution in [0.1, 0.15) is 18.4 Å². The number of hydrogen-bond acceptors (Lipinski definition) is 2. The third kappa shape index (κ3) is 4.31. The van der Waals surface area contributed by atoms with Crippen LogP contribution in [0.5, 0.6) is 11.5 Å². The van der Waals surface area contributed by atoms with Crippen molar-refractivity contribution in [2.75, 3.05) is 0 Å². The van der Waals surface area contributed by atoms with Crippen molar-refractivity contribution in [1.82, 2.24) is 5.32 Å². The van der Waals surface area contributed by atoms with Gasteiger partial charge in [0.05, 0.1) is 8.95 Å². The van der Waals surface area contributed by atoms with Gasteiger partial charge in [-0.2, -0.15) is 0 Å². The highest BCUT2D eigenvalue weighted by Crippen LogP contribution is 2.35. The third-order valence-electron chi connectivity index (χ3n) is 3.28. The van der Waals surface area contributed by atoms with Gasteiger partial charge in [0, 0.05) is 17.1 Å². The van der Waals surface area contributed by atoms with Gasteiger partial charge in [-0.25, -0.2) is 0 Å². The fourth-order valence-corrected chi connectivity index (χ4v) is 3.60. The summed E-state index contributed by atoms with van der Waals surface area (Å²) in [5, 5.41) is 3.51. The van der Waals surface area contributed by atoms with E-state index in [1.807, 2.05) is 24.3 Å². The van der Waals surface area contributed by atoms with Crippen LogP contribution in [0.15, 0.2) is 49.8 Å². The van der Waals surface area contributed by atoms with Gasteiger partial charge in [-0.05, 0) is 80.6 Å². The molecular weight excluding hydrogens is 462 g/mol. The van der Waals surface area contributed by atoms with E-state index in [9.17, 15) is 0 Å². The maximum absolute atomic E-state index is 5.95. The van der Waals surface area contributed by atoms with Gasteiger partial charge in [-0.3, -0.25) is 0 Å². The molecule has 2 aromatic rings. The first kappa shape index (κ1) is 15.5. The Morgan fingerprint density at radius 2 is 1.62 bits per heavy atom. The molecule has 110 valence electrons. The Morgan fingerprint density at radius 1 is 0.952 bits per heavy atom. The Labute approximate surface area is 149 Å². The second-order valence-corrected chi connectivity index (χ2v) is 7.72. The summed E-state index contributed by atoms with van der Waals surface area (Å²) >= 11 is 10.5. The first-order valence-electron chi connectivity index (χ1n) is 6.76. The van der Waals surface area contributed by atoms with Gasteiger partial charge in [-0.15, -0.1) is 0 Å². The first-order valence-corrected chi connectivity index (χ1v) is 9.14. The lowest BCUT2D eigenvalue weighted by atomic mass is 10.2. The van der Waals surface area contributed by atoms with Gasteiger partial charge < -0.3 is 10.1 Å². The van der Waals surface area contributed by atoms with Crippen LogP contribution in [0, 0.1) is 0 Å². The molecule has 2 aromatic carbocycles. The standard InChI is InChI=1S/C16H14Br3NO/c17-11-2-6-16(14(19)8-11)21-15-5-1-10(7-13(15)18)9-20-12-3-4-12/h1-2,5-8,12,20H,3-4,9H2. The Kier molecular flexibility index (Phi) is 5.04. The second kappa shape index (κ2) is 6.82. The zero-order valence-corrected chi connectivity index (χ0v) is 16.0. The summed E-state index contributed by atoms with van der Waals surface area (Å²) in [6.45, 7) is 0.908. The lowest BCUT2D eigenvalue weighted by molar-refractivity contribution is 0.476. The molecule has 0 amide bonds. The molecule has 1 saturated carbocycles. The molecule has 3 rings (SSSR count). The van der Waals surface area contributed by atoms with Crippen molar-refractivity contribution in [3.05, 3.63) is 55.4 Å². The number of nitrogens with one attached hydrogen (secondary N) is 1. The Bertz CT molecular complexity index is 656. The largest absolute Gasteiger partial charge is 0.455 e. The van der Waals surface area contributed by atoms with E-state index in [0.29, 0.717) is 0 Å². The van der Waals surface area contributed by atoms with Gasteiger partial charge in [0.15, 0.2) is 0 Å². The minimum absolute atomic E-state index is 0.721. The van der Waals surface area contributed by atoms with Crippen LogP contribution in [0.2, 0.25) is 0 Å². The zero-order chi connectivity index (χ0) is 14.8. The smallest absolute Gasteiger partial charge is 0.141 e. The van der Waals surface area contributed by atoms with Gasteiger partial charge in [0.25, 0.3) is 0 Å². The highest BCUT2D eigenvalue weighted by molar-refractivity contribution is 9.11. The van der Waals surface area contributed by atoms with Gasteiger partial charge >= 0.3 is 0 Å². The number of halogens is 3. The molecular formula is C16H14Br3NO. The third-order valence-corrected chi connectivity index (χ3v) is 5.02. The molecule has 1 aliphatic rings. The molecule has 0 saturated heterocycles. The van der Waals surface area contributed by atoms with Crippen LogP contribution < -0.4 is 10.1 Å². The lowest BCUT2D eigenvalue weighted by Crippen LogP contribution is -2.15. The van der Waals surface area contributed by atoms with E-state index in [1.165, 1.54) is 18.4 Å². The molecule has 5 heteroatoms. The number of rotatable bonds is 5. The van der Waals surface area contributed by atoms with Gasteiger partial charge in [-0.1, -0.05) is 22.0 Å². The van der Waals surface area contributed by atoms with Crippen molar-refractivity contribution in [3.63, 3.8) is 0 Å². The maximum atomic E-state index is 5.95. The molecule has 0 unspecified atom stereocenters. The number of benzene rings is 2. The predicted octanol–water partition coefficient (Wildman–Crippen LogP) is 6.02. The zero-order valence-electron chi connectivity index (χ0n) is 11.2. The van der Waals surface area contributed by atoms with E-state index in [-0.39, 0.29) is 0 Å². The van der Waals surface area contributed by atoms with Crippen LogP contribution in [0.4, 0.5) is 0 Å². The number of hydrogen-bond donors (Lipinski definition) is 1. The Balaban J connectivity index is 1.72. The molecule has 0 aliphatic heterocycles. The average molecular weight is 476 g/mol. The topological polar surface area (TPSA) is 21.3 Å².